The number of ketones is 1. The molecule has 4 rings (SSSR count). The number of amides is 1. The fraction of sp³-hybridized carbons (Fsp3) is 0.286. The molecule has 1 atom stereocenters. The van der Waals surface area contributed by atoms with Gasteiger partial charge in [-0.2, -0.15) is 0 Å². The minimum atomic E-state index is -0.675. The molecule has 1 heterocycles. The van der Waals surface area contributed by atoms with E-state index in [9.17, 15) is 14.7 Å². The van der Waals surface area contributed by atoms with Crippen molar-refractivity contribution in [1.82, 2.24) is 4.90 Å². The van der Waals surface area contributed by atoms with Crippen molar-refractivity contribution in [3.8, 4) is 5.75 Å². The number of likely N-dealkylation sites (tertiary alicyclic amines) is 1. The van der Waals surface area contributed by atoms with Gasteiger partial charge in [0.15, 0.2) is 0 Å². The lowest BCUT2D eigenvalue weighted by Gasteiger charge is -2.25. The zero-order chi connectivity index (χ0) is 23.5. The summed E-state index contributed by atoms with van der Waals surface area (Å²) in [4.78, 5) is 27.7. The normalized spacial score (nSPS) is 17.8. The topological polar surface area (TPSA) is 66.8 Å². The maximum Gasteiger partial charge on any atom is 0.295 e. The second-order valence-electron chi connectivity index (χ2n) is 8.80. The molecule has 0 bridgehead atoms. The summed E-state index contributed by atoms with van der Waals surface area (Å²) in [6.07, 6.45) is 0.696. The number of carbonyl (C=O) groups is 2. The van der Waals surface area contributed by atoms with Crippen LogP contribution in [0.2, 0.25) is 0 Å². The molecule has 33 heavy (non-hydrogen) atoms. The van der Waals surface area contributed by atoms with Gasteiger partial charge in [-0.25, -0.2) is 0 Å². The van der Waals surface area contributed by atoms with Gasteiger partial charge in [0.25, 0.3) is 11.7 Å². The van der Waals surface area contributed by atoms with Gasteiger partial charge in [0.2, 0.25) is 0 Å². The molecule has 1 saturated heterocycles. The van der Waals surface area contributed by atoms with Gasteiger partial charge in [-0.3, -0.25) is 9.59 Å². The van der Waals surface area contributed by atoms with Crippen LogP contribution < -0.4 is 4.74 Å². The summed E-state index contributed by atoms with van der Waals surface area (Å²) in [5.74, 6) is -0.356. The summed E-state index contributed by atoms with van der Waals surface area (Å²) in [7, 11) is 0. The van der Waals surface area contributed by atoms with Crippen molar-refractivity contribution in [3.63, 3.8) is 0 Å². The smallest absolute Gasteiger partial charge is 0.295 e. The molecule has 170 valence electrons. The molecule has 0 aromatic heterocycles. The second-order valence-corrected chi connectivity index (χ2v) is 8.80. The SMILES string of the molecule is CCCN1C(=O)C(=O)/C(=C(\O)c2cccc3ccccc23)C1c1cccc(OCC(C)C)c1. The lowest BCUT2D eigenvalue weighted by molar-refractivity contribution is -0.139. The highest BCUT2D eigenvalue weighted by Crippen LogP contribution is 2.41. The van der Waals surface area contributed by atoms with Crippen molar-refractivity contribution in [3.05, 3.63) is 83.4 Å². The molecule has 3 aromatic carbocycles. The van der Waals surface area contributed by atoms with Gasteiger partial charge in [0.05, 0.1) is 18.2 Å². The molecule has 5 nitrogen and oxygen atoms in total. The lowest BCUT2D eigenvalue weighted by atomic mass is 9.93. The predicted octanol–water partition coefficient (Wildman–Crippen LogP) is 5.71. The van der Waals surface area contributed by atoms with E-state index in [1.807, 2.05) is 67.6 Å². The first-order valence-electron chi connectivity index (χ1n) is 11.4. The summed E-state index contributed by atoms with van der Waals surface area (Å²) in [5.41, 5.74) is 1.40. The Hall–Kier alpha value is -3.60. The number of rotatable bonds is 7. The third kappa shape index (κ3) is 4.36. The van der Waals surface area contributed by atoms with Crippen molar-refractivity contribution in [2.75, 3.05) is 13.2 Å². The van der Waals surface area contributed by atoms with Gasteiger partial charge in [-0.15, -0.1) is 0 Å². The van der Waals surface area contributed by atoms with E-state index in [0.29, 0.717) is 36.8 Å². The Bertz CT molecular complexity index is 1220. The lowest BCUT2D eigenvalue weighted by Crippen LogP contribution is -2.30. The summed E-state index contributed by atoms with van der Waals surface area (Å²) < 4.78 is 5.89. The first-order valence-corrected chi connectivity index (χ1v) is 11.4. The molecule has 1 unspecified atom stereocenters. The number of Topliss-reactive ketones (excluding diaryl/α,β-unsaturated/α-hetero) is 1. The summed E-state index contributed by atoms with van der Waals surface area (Å²) in [5, 5.41) is 13.2. The van der Waals surface area contributed by atoms with E-state index in [2.05, 4.69) is 13.8 Å². The highest BCUT2D eigenvalue weighted by Gasteiger charge is 2.45. The van der Waals surface area contributed by atoms with E-state index in [1.54, 1.807) is 11.0 Å². The molecule has 3 aromatic rings. The number of carbonyl (C=O) groups excluding carboxylic acids is 2. The van der Waals surface area contributed by atoms with Crippen molar-refractivity contribution in [2.24, 2.45) is 5.92 Å². The number of fused-ring (bicyclic) bond motifs is 1. The summed E-state index contributed by atoms with van der Waals surface area (Å²) in [6, 6.07) is 20.0. The molecule has 1 amide bonds. The summed E-state index contributed by atoms with van der Waals surface area (Å²) >= 11 is 0. The number of aliphatic hydroxyl groups is 1. The second kappa shape index (κ2) is 9.49. The standard InChI is InChI=1S/C28H29NO4/c1-4-15-29-25(20-11-7-12-21(16-20)33-17-18(2)3)24(27(31)28(29)32)26(30)23-14-8-10-19-9-5-6-13-22(19)23/h5-14,16,18,25,30H,4,15,17H2,1-3H3/b26-24-. The number of ether oxygens (including phenoxy) is 1. The Morgan fingerprint density at radius 2 is 1.76 bits per heavy atom. The molecule has 5 heteroatoms. The Morgan fingerprint density at radius 3 is 2.52 bits per heavy atom. The highest BCUT2D eigenvalue weighted by atomic mass is 16.5. The van der Waals surface area contributed by atoms with Crippen molar-refractivity contribution >= 4 is 28.2 Å². The van der Waals surface area contributed by atoms with Crippen LogP contribution in [0.5, 0.6) is 5.75 Å². The van der Waals surface area contributed by atoms with Gasteiger partial charge in [0.1, 0.15) is 11.5 Å². The highest BCUT2D eigenvalue weighted by molar-refractivity contribution is 6.46. The van der Waals surface area contributed by atoms with Crippen LogP contribution in [0.3, 0.4) is 0 Å². The fourth-order valence-electron chi connectivity index (χ4n) is 4.31. The van der Waals surface area contributed by atoms with E-state index in [0.717, 1.165) is 16.3 Å². The largest absolute Gasteiger partial charge is 0.507 e. The molecule has 1 fully saturated rings. The molecule has 1 aliphatic heterocycles. The monoisotopic (exact) mass is 443 g/mol. The van der Waals surface area contributed by atoms with E-state index in [-0.39, 0.29) is 11.3 Å². The molecule has 0 aliphatic carbocycles. The molecule has 0 radical (unpaired) electrons. The zero-order valence-corrected chi connectivity index (χ0v) is 19.2. The van der Waals surface area contributed by atoms with Gasteiger partial charge in [0, 0.05) is 12.1 Å². The average molecular weight is 444 g/mol. The maximum atomic E-state index is 13.2. The number of benzene rings is 3. The van der Waals surface area contributed by atoms with Gasteiger partial charge >= 0.3 is 0 Å². The van der Waals surface area contributed by atoms with Gasteiger partial charge in [-0.1, -0.05) is 75.4 Å². The van der Waals surface area contributed by atoms with Gasteiger partial charge in [-0.05, 0) is 40.8 Å². The average Bonchev–Trinajstić information content (AvgIpc) is 3.07. The molecular formula is C28H29NO4. The Kier molecular flexibility index (Phi) is 6.50. The van der Waals surface area contributed by atoms with Gasteiger partial charge < -0.3 is 14.7 Å². The third-order valence-corrected chi connectivity index (χ3v) is 5.81. The van der Waals surface area contributed by atoms with Crippen molar-refractivity contribution < 1.29 is 19.4 Å². The number of aliphatic hydroxyl groups excluding tert-OH is 1. The number of hydrogen-bond acceptors (Lipinski definition) is 4. The Labute approximate surface area is 194 Å². The predicted molar refractivity (Wildman–Crippen MR) is 130 cm³/mol. The minimum Gasteiger partial charge on any atom is -0.507 e. The fourth-order valence-corrected chi connectivity index (χ4v) is 4.31. The molecule has 0 spiro atoms. The van der Waals surface area contributed by atoms with Crippen LogP contribution in [0.4, 0.5) is 0 Å². The third-order valence-electron chi connectivity index (χ3n) is 5.81. The van der Waals surface area contributed by atoms with E-state index in [4.69, 9.17) is 4.74 Å². The van der Waals surface area contributed by atoms with Crippen LogP contribution in [-0.4, -0.2) is 34.8 Å². The van der Waals surface area contributed by atoms with Crippen LogP contribution in [-0.2, 0) is 9.59 Å². The van der Waals surface area contributed by atoms with Crippen molar-refractivity contribution in [2.45, 2.75) is 33.2 Å². The first-order chi connectivity index (χ1) is 15.9. The molecule has 1 N–H and O–H groups in total. The maximum absolute atomic E-state index is 13.2. The van der Waals surface area contributed by atoms with Crippen molar-refractivity contribution in [1.29, 1.82) is 0 Å². The summed E-state index contributed by atoms with van der Waals surface area (Å²) in [6.45, 7) is 7.09. The Morgan fingerprint density at radius 1 is 1.03 bits per heavy atom. The molecule has 0 saturated carbocycles. The van der Waals surface area contributed by atoms with Crippen LogP contribution in [0.25, 0.3) is 16.5 Å². The van der Waals surface area contributed by atoms with E-state index >= 15 is 0 Å². The van der Waals surface area contributed by atoms with Crippen LogP contribution in [0.1, 0.15) is 44.4 Å². The quantitative estimate of drug-likeness (QED) is 0.289. The Balaban J connectivity index is 1.88. The van der Waals surface area contributed by atoms with Crippen LogP contribution >= 0.6 is 0 Å². The van der Waals surface area contributed by atoms with E-state index in [1.165, 1.54) is 0 Å². The first kappa shape index (κ1) is 22.6. The number of nitrogens with zero attached hydrogens (tertiary/aromatic N) is 1. The van der Waals surface area contributed by atoms with E-state index < -0.39 is 17.7 Å². The zero-order valence-electron chi connectivity index (χ0n) is 19.2. The van der Waals surface area contributed by atoms with Crippen LogP contribution in [0.15, 0.2) is 72.3 Å². The number of hydrogen-bond donors (Lipinski definition) is 1. The molecule has 1 aliphatic rings. The minimum absolute atomic E-state index is 0.116. The molecular weight excluding hydrogens is 414 g/mol. The van der Waals surface area contributed by atoms with Crippen LogP contribution in [0, 0.1) is 5.92 Å².